The molecule has 2 aromatic rings. The van der Waals surface area contributed by atoms with Crippen LogP contribution in [0.25, 0.3) is 0 Å². The van der Waals surface area contributed by atoms with Crippen molar-refractivity contribution in [2.45, 2.75) is 36.5 Å². The molecular formula is C20H25ClN2OS. The van der Waals surface area contributed by atoms with Crippen molar-refractivity contribution in [1.82, 2.24) is 4.90 Å². The highest BCUT2D eigenvalue weighted by atomic mass is 35.5. The van der Waals surface area contributed by atoms with Crippen LogP contribution in [0.5, 0.6) is 0 Å². The number of hydrogen-bond donors (Lipinski definition) is 1. The Morgan fingerprint density at radius 3 is 2.52 bits per heavy atom. The minimum Gasteiger partial charge on any atom is -0.340 e. The van der Waals surface area contributed by atoms with Crippen molar-refractivity contribution in [2.75, 3.05) is 13.1 Å². The van der Waals surface area contributed by atoms with Crippen LogP contribution in [0.3, 0.4) is 0 Å². The summed E-state index contributed by atoms with van der Waals surface area (Å²) in [5.41, 5.74) is 9.50. The van der Waals surface area contributed by atoms with E-state index in [1.54, 1.807) is 11.8 Å². The number of thioether (sulfide) groups is 1. The second-order valence-corrected chi connectivity index (χ2v) is 7.66. The van der Waals surface area contributed by atoms with Crippen LogP contribution in [-0.2, 0) is 4.79 Å². The molecule has 1 amide bonds. The minimum absolute atomic E-state index is 0. The van der Waals surface area contributed by atoms with Gasteiger partial charge in [-0.05, 0) is 37.5 Å². The summed E-state index contributed by atoms with van der Waals surface area (Å²) in [6, 6.07) is 16.5. The largest absolute Gasteiger partial charge is 0.340 e. The summed E-state index contributed by atoms with van der Waals surface area (Å²) < 4.78 is 0. The van der Waals surface area contributed by atoms with Gasteiger partial charge in [-0.1, -0.05) is 48.0 Å². The molecule has 0 radical (unpaired) electrons. The highest BCUT2D eigenvalue weighted by molar-refractivity contribution is 8.00. The SMILES string of the molecule is Cc1ccc(SC(C(=O)N2CC[C@@H](N)C2)c2ccccc2)c(C)c1.Cl. The van der Waals surface area contributed by atoms with Crippen molar-refractivity contribution in [2.24, 2.45) is 5.73 Å². The zero-order valence-electron chi connectivity index (χ0n) is 14.6. The second kappa shape index (κ2) is 8.75. The molecule has 1 aliphatic rings. The van der Waals surface area contributed by atoms with Crippen LogP contribution >= 0.6 is 24.2 Å². The standard InChI is InChI=1S/C20H24N2OS.ClH/c1-14-8-9-18(15(2)12-14)24-19(16-6-4-3-5-7-16)20(23)22-11-10-17(21)13-22;/h3-9,12,17,19H,10-11,13,21H2,1-2H3;1H/t17-,19?;/m1./s1. The number of halogens is 1. The highest BCUT2D eigenvalue weighted by Crippen LogP contribution is 2.39. The highest BCUT2D eigenvalue weighted by Gasteiger charge is 2.31. The van der Waals surface area contributed by atoms with E-state index in [9.17, 15) is 4.79 Å². The van der Waals surface area contributed by atoms with E-state index in [4.69, 9.17) is 5.73 Å². The van der Waals surface area contributed by atoms with E-state index < -0.39 is 0 Å². The Hall–Kier alpha value is -1.49. The normalized spacial score (nSPS) is 17.9. The van der Waals surface area contributed by atoms with Gasteiger partial charge in [-0.3, -0.25) is 4.79 Å². The molecule has 1 fully saturated rings. The van der Waals surface area contributed by atoms with E-state index in [0.29, 0.717) is 6.54 Å². The summed E-state index contributed by atoms with van der Waals surface area (Å²) in [5, 5.41) is -0.224. The Bertz CT molecular complexity index is 723. The third-order valence-corrected chi connectivity index (χ3v) is 5.86. The topological polar surface area (TPSA) is 46.3 Å². The molecule has 1 aliphatic heterocycles. The number of hydrogen-bond acceptors (Lipinski definition) is 3. The minimum atomic E-state index is -0.224. The van der Waals surface area contributed by atoms with E-state index in [1.165, 1.54) is 11.1 Å². The van der Waals surface area contributed by atoms with Gasteiger partial charge in [0.05, 0.1) is 0 Å². The van der Waals surface area contributed by atoms with Gasteiger partial charge in [0.25, 0.3) is 0 Å². The molecule has 1 heterocycles. The van der Waals surface area contributed by atoms with Crippen LogP contribution in [0, 0.1) is 13.8 Å². The van der Waals surface area contributed by atoms with Crippen LogP contribution in [0.1, 0.15) is 28.4 Å². The van der Waals surface area contributed by atoms with Crippen molar-refractivity contribution >= 4 is 30.1 Å². The fourth-order valence-corrected chi connectivity index (χ4v) is 4.29. The quantitative estimate of drug-likeness (QED) is 0.816. The average molecular weight is 377 g/mol. The Morgan fingerprint density at radius 2 is 1.92 bits per heavy atom. The van der Waals surface area contributed by atoms with Crippen LogP contribution in [0.15, 0.2) is 53.4 Å². The number of amides is 1. The molecule has 2 aromatic carbocycles. The summed E-state index contributed by atoms with van der Waals surface area (Å²) in [6.07, 6.45) is 0.890. The predicted molar refractivity (Wildman–Crippen MR) is 107 cm³/mol. The lowest BCUT2D eigenvalue weighted by Crippen LogP contribution is -2.34. The molecule has 0 bridgehead atoms. The molecule has 1 saturated heterocycles. The summed E-state index contributed by atoms with van der Waals surface area (Å²) >= 11 is 1.64. The molecule has 3 nitrogen and oxygen atoms in total. The first-order chi connectivity index (χ1) is 11.5. The van der Waals surface area contributed by atoms with Gasteiger partial charge < -0.3 is 10.6 Å². The van der Waals surface area contributed by atoms with Crippen molar-refractivity contribution in [3.8, 4) is 0 Å². The summed E-state index contributed by atoms with van der Waals surface area (Å²) in [6.45, 7) is 5.62. The Balaban J connectivity index is 0.00000225. The number of carbonyl (C=O) groups excluding carboxylic acids is 1. The molecular weight excluding hydrogens is 352 g/mol. The van der Waals surface area contributed by atoms with Crippen molar-refractivity contribution < 1.29 is 4.79 Å². The lowest BCUT2D eigenvalue weighted by Gasteiger charge is -2.24. The fourth-order valence-electron chi connectivity index (χ4n) is 3.10. The molecule has 2 atom stereocenters. The molecule has 0 saturated carbocycles. The Kier molecular flexibility index (Phi) is 6.94. The summed E-state index contributed by atoms with van der Waals surface area (Å²) in [5.74, 6) is 0.166. The molecule has 134 valence electrons. The maximum atomic E-state index is 13.1. The molecule has 2 N–H and O–H groups in total. The number of rotatable bonds is 4. The molecule has 0 aromatic heterocycles. The molecule has 3 rings (SSSR count). The molecule has 5 heteroatoms. The zero-order valence-corrected chi connectivity index (χ0v) is 16.3. The molecule has 0 aliphatic carbocycles. The second-order valence-electron chi connectivity index (χ2n) is 6.51. The zero-order chi connectivity index (χ0) is 17.1. The van der Waals surface area contributed by atoms with Crippen LogP contribution in [-0.4, -0.2) is 29.9 Å². The number of nitrogens with zero attached hydrogens (tertiary/aromatic N) is 1. The van der Waals surface area contributed by atoms with Gasteiger partial charge in [-0.2, -0.15) is 0 Å². The van der Waals surface area contributed by atoms with Crippen molar-refractivity contribution in [3.63, 3.8) is 0 Å². The van der Waals surface area contributed by atoms with Gasteiger partial charge in [-0.15, -0.1) is 24.2 Å². The van der Waals surface area contributed by atoms with Crippen LogP contribution in [0.4, 0.5) is 0 Å². The first-order valence-corrected chi connectivity index (χ1v) is 9.26. The van der Waals surface area contributed by atoms with Gasteiger partial charge in [0.15, 0.2) is 0 Å². The van der Waals surface area contributed by atoms with Gasteiger partial charge in [0.2, 0.25) is 5.91 Å². The lowest BCUT2D eigenvalue weighted by atomic mass is 10.1. The maximum absolute atomic E-state index is 13.1. The lowest BCUT2D eigenvalue weighted by molar-refractivity contribution is -0.129. The Morgan fingerprint density at radius 1 is 1.20 bits per heavy atom. The van der Waals surface area contributed by atoms with Gasteiger partial charge in [0.1, 0.15) is 5.25 Å². The average Bonchev–Trinajstić information content (AvgIpc) is 3.01. The Labute approximate surface area is 160 Å². The summed E-state index contributed by atoms with van der Waals surface area (Å²) in [4.78, 5) is 16.2. The van der Waals surface area contributed by atoms with Crippen molar-refractivity contribution in [1.29, 1.82) is 0 Å². The molecule has 0 spiro atoms. The van der Waals surface area contributed by atoms with E-state index in [2.05, 4.69) is 32.0 Å². The molecule has 25 heavy (non-hydrogen) atoms. The predicted octanol–water partition coefficient (Wildman–Crippen LogP) is 4.12. The first-order valence-electron chi connectivity index (χ1n) is 8.38. The van der Waals surface area contributed by atoms with Gasteiger partial charge in [0, 0.05) is 24.0 Å². The first kappa shape index (κ1) is 19.8. The van der Waals surface area contributed by atoms with E-state index in [1.807, 2.05) is 35.2 Å². The van der Waals surface area contributed by atoms with E-state index in [0.717, 1.165) is 23.4 Å². The maximum Gasteiger partial charge on any atom is 0.240 e. The third kappa shape index (κ3) is 4.78. The van der Waals surface area contributed by atoms with Gasteiger partial charge in [-0.25, -0.2) is 0 Å². The number of carbonyl (C=O) groups is 1. The fraction of sp³-hybridized carbons (Fsp3) is 0.350. The van der Waals surface area contributed by atoms with E-state index in [-0.39, 0.29) is 29.6 Å². The molecule has 1 unspecified atom stereocenters. The summed E-state index contributed by atoms with van der Waals surface area (Å²) in [7, 11) is 0. The van der Waals surface area contributed by atoms with Gasteiger partial charge >= 0.3 is 0 Å². The third-order valence-electron chi connectivity index (χ3n) is 4.44. The monoisotopic (exact) mass is 376 g/mol. The number of aryl methyl sites for hydroxylation is 2. The number of benzene rings is 2. The van der Waals surface area contributed by atoms with E-state index >= 15 is 0 Å². The smallest absolute Gasteiger partial charge is 0.240 e. The van der Waals surface area contributed by atoms with Crippen LogP contribution in [0.2, 0.25) is 0 Å². The number of nitrogens with two attached hydrogens (primary N) is 1. The van der Waals surface area contributed by atoms with Crippen LogP contribution < -0.4 is 5.73 Å². The number of likely N-dealkylation sites (tertiary alicyclic amines) is 1. The van der Waals surface area contributed by atoms with Crippen molar-refractivity contribution in [3.05, 3.63) is 65.2 Å².